The van der Waals surface area contributed by atoms with E-state index in [1.807, 2.05) is 31.2 Å². The van der Waals surface area contributed by atoms with E-state index in [1.54, 1.807) is 7.11 Å². The monoisotopic (exact) mass is 321 g/mol. The summed E-state index contributed by atoms with van der Waals surface area (Å²) in [5, 5.41) is 9.14. The average Bonchev–Trinajstić information content (AvgIpc) is 2.63. The first-order valence-corrected chi connectivity index (χ1v) is 8.45. The van der Waals surface area contributed by atoms with Crippen LogP contribution in [0.25, 0.3) is 0 Å². The number of pyridine rings is 1. The van der Waals surface area contributed by atoms with Crippen LogP contribution in [-0.4, -0.2) is 25.2 Å². The number of rotatable bonds is 4. The van der Waals surface area contributed by atoms with E-state index in [0.29, 0.717) is 11.6 Å². The molecule has 0 atom stereocenters. The number of hydrogen-bond acceptors (Lipinski definition) is 4. The maximum absolute atomic E-state index is 9.14. The largest absolute Gasteiger partial charge is 0.497 e. The van der Waals surface area contributed by atoms with Crippen LogP contribution in [0.5, 0.6) is 5.75 Å². The Bertz CT molecular complexity index is 726. The summed E-state index contributed by atoms with van der Waals surface area (Å²) >= 11 is 0. The normalized spacial score (nSPS) is 15.1. The second-order valence-corrected chi connectivity index (χ2v) is 6.43. The van der Waals surface area contributed by atoms with Gasteiger partial charge in [-0.1, -0.05) is 18.2 Å². The minimum absolute atomic E-state index is 0.535. The number of aryl methyl sites for hydroxylation is 1. The van der Waals surface area contributed by atoms with Gasteiger partial charge in [0, 0.05) is 13.1 Å². The first-order chi connectivity index (χ1) is 11.7. The fourth-order valence-electron chi connectivity index (χ4n) is 3.27. The Balaban J connectivity index is 1.58. The van der Waals surface area contributed by atoms with E-state index in [9.17, 15) is 0 Å². The van der Waals surface area contributed by atoms with E-state index in [-0.39, 0.29) is 0 Å². The van der Waals surface area contributed by atoms with Crippen LogP contribution in [0.15, 0.2) is 36.4 Å². The first kappa shape index (κ1) is 16.3. The lowest BCUT2D eigenvalue weighted by Crippen LogP contribution is -2.35. The first-order valence-electron chi connectivity index (χ1n) is 8.45. The number of hydrogen-bond donors (Lipinski definition) is 0. The van der Waals surface area contributed by atoms with E-state index in [4.69, 9.17) is 10.00 Å². The molecular formula is C20H23N3O. The number of nitrogens with zero attached hydrogens (tertiary/aromatic N) is 3. The zero-order valence-corrected chi connectivity index (χ0v) is 14.3. The fourth-order valence-corrected chi connectivity index (χ4v) is 3.27. The van der Waals surface area contributed by atoms with E-state index >= 15 is 0 Å². The summed E-state index contributed by atoms with van der Waals surface area (Å²) in [6, 6.07) is 14.6. The lowest BCUT2D eigenvalue weighted by molar-refractivity contribution is 0.400. The zero-order chi connectivity index (χ0) is 16.9. The molecule has 1 aliphatic rings. The molecule has 0 aliphatic carbocycles. The van der Waals surface area contributed by atoms with Crippen molar-refractivity contribution in [3.05, 3.63) is 53.2 Å². The Morgan fingerprint density at radius 1 is 1.17 bits per heavy atom. The smallest absolute Gasteiger partial charge is 0.145 e. The van der Waals surface area contributed by atoms with E-state index in [1.165, 1.54) is 5.56 Å². The second kappa shape index (κ2) is 7.35. The van der Waals surface area contributed by atoms with Crippen molar-refractivity contribution in [3.63, 3.8) is 0 Å². The van der Waals surface area contributed by atoms with Gasteiger partial charge in [0.15, 0.2) is 0 Å². The van der Waals surface area contributed by atoms with E-state index in [2.05, 4.69) is 28.1 Å². The van der Waals surface area contributed by atoms with E-state index < -0.39 is 0 Å². The summed E-state index contributed by atoms with van der Waals surface area (Å²) in [7, 11) is 1.70. The van der Waals surface area contributed by atoms with Gasteiger partial charge >= 0.3 is 0 Å². The molecule has 3 rings (SSSR count). The lowest BCUT2D eigenvalue weighted by atomic mass is 9.90. The summed E-state index contributed by atoms with van der Waals surface area (Å²) < 4.78 is 5.21. The maximum atomic E-state index is 9.14. The van der Waals surface area contributed by atoms with Gasteiger partial charge in [0.25, 0.3) is 0 Å². The highest BCUT2D eigenvalue weighted by molar-refractivity contribution is 5.45. The SMILES string of the molecule is COc1ccc(CC2CCN(c3ccc(C)c(C#N)n3)CC2)cc1. The number of anilines is 1. The number of benzene rings is 1. The van der Waals surface area contributed by atoms with Crippen molar-refractivity contribution in [3.8, 4) is 11.8 Å². The summed E-state index contributed by atoms with van der Waals surface area (Å²) in [5.41, 5.74) is 2.85. The highest BCUT2D eigenvalue weighted by Gasteiger charge is 2.21. The summed E-state index contributed by atoms with van der Waals surface area (Å²) in [6.07, 6.45) is 3.43. The molecule has 4 heteroatoms. The second-order valence-electron chi connectivity index (χ2n) is 6.43. The van der Waals surface area contributed by atoms with Gasteiger partial charge in [0.05, 0.1) is 7.11 Å². The molecule has 0 amide bonds. The molecule has 4 nitrogen and oxygen atoms in total. The van der Waals surface area contributed by atoms with Crippen LogP contribution >= 0.6 is 0 Å². The van der Waals surface area contributed by atoms with E-state index in [0.717, 1.165) is 49.5 Å². The predicted molar refractivity (Wildman–Crippen MR) is 95.3 cm³/mol. The van der Waals surface area contributed by atoms with Gasteiger partial charge in [0.2, 0.25) is 0 Å². The molecule has 24 heavy (non-hydrogen) atoms. The fraction of sp³-hybridized carbons (Fsp3) is 0.400. The molecule has 1 aromatic heterocycles. The summed E-state index contributed by atoms with van der Waals surface area (Å²) in [5.74, 6) is 2.54. The van der Waals surface area contributed by atoms with Crippen LogP contribution in [0, 0.1) is 24.2 Å². The molecule has 0 unspecified atom stereocenters. The third-order valence-corrected chi connectivity index (χ3v) is 4.81. The van der Waals surface area contributed by atoms with Crippen LogP contribution in [0.1, 0.15) is 29.7 Å². The quantitative estimate of drug-likeness (QED) is 0.861. The topological polar surface area (TPSA) is 49.1 Å². The minimum atomic E-state index is 0.535. The number of aromatic nitrogens is 1. The highest BCUT2D eigenvalue weighted by Crippen LogP contribution is 2.26. The van der Waals surface area contributed by atoms with Crippen molar-refractivity contribution in [2.75, 3.05) is 25.1 Å². The zero-order valence-electron chi connectivity index (χ0n) is 14.3. The Labute approximate surface area is 143 Å². The van der Waals surface area contributed by atoms with Gasteiger partial charge in [-0.25, -0.2) is 4.98 Å². The Hall–Kier alpha value is -2.54. The van der Waals surface area contributed by atoms with Crippen molar-refractivity contribution in [2.45, 2.75) is 26.2 Å². The molecule has 124 valence electrons. The van der Waals surface area contributed by atoms with Crippen LogP contribution in [0.2, 0.25) is 0 Å². The molecule has 0 bridgehead atoms. The average molecular weight is 321 g/mol. The van der Waals surface area contributed by atoms with Crippen LogP contribution in [0.4, 0.5) is 5.82 Å². The van der Waals surface area contributed by atoms with Gasteiger partial charge in [-0.2, -0.15) is 5.26 Å². The molecule has 1 fully saturated rings. The molecule has 1 aromatic carbocycles. The maximum Gasteiger partial charge on any atom is 0.145 e. The number of nitriles is 1. The third-order valence-electron chi connectivity index (χ3n) is 4.81. The summed E-state index contributed by atoms with van der Waals surface area (Å²) in [6.45, 7) is 3.93. The molecule has 1 aliphatic heterocycles. The van der Waals surface area contributed by atoms with Crippen molar-refractivity contribution < 1.29 is 4.74 Å². The molecule has 0 saturated carbocycles. The number of ether oxygens (including phenoxy) is 1. The van der Waals surface area contributed by atoms with Gasteiger partial charge in [0.1, 0.15) is 23.3 Å². The molecule has 1 saturated heterocycles. The molecule has 2 heterocycles. The van der Waals surface area contributed by atoms with Crippen LogP contribution < -0.4 is 9.64 Å². The standard InChI is InChI=1S/C20H23N3O/c1-15-3-8-20(22-19(15)14-21)23-11-9-17(10-12-23)13-16-4-6-18(24-2)7-5-16/h3-8,17H,9-13H2,1-2H3. The molecule has 0 radical (unpaired) electrons. The molecule has 0 spiro atoms. The number of methoxy groups -OCH3 is 1. The van der Waals surface area contributed by atoms with Crippen molar-refractivity contribution in [1.82, 2.24) is 4.98 Å². The van der Waals surface area contributed by atoms with Crippen LogP contribution in [0.3, 0.4) is 0 Å². The van der Waals surface area contributed by atoms with Gasteiger partial charge in [-0.15, -0.1) is 0 Å². The molecule has 2 aromatic rings. The summed E-state index contributed by atoms with van der Waals surface area (Å²) in [4.78, 5) is 6.79. The van der Waals surface area contributed by atoms with Gasteiger partial charge in [-0.05, 0) is 61.4 Å². The minimum Gasteiger partial charge on any atom is -0.497 e. The van der Waals surface area contributed by atoms with Crippen molar-refractivity contribution in [1.29, 1.82) is 5.26 Å². The Morgan fingerprint density at radius 2 is 1.88 bits per heavy atom. The predicted octanol–water partition coefficient (Wildman–Crippen LogP) is 3.73. The van der Waals surface area contributed by atoms with Crippen molar-refractivity contribution in [2.24, 2.45) is 5.92 Å². The molecule has 0 N–H and O–H groups in total. The highest BCUT2D eigenvalue weighted by atomic mass is 16.5. The number of piperidine rings is 1. The van der Waals surface area contributed by atoms with Gasteiger partial charge in [-0.3, -0.25) is 0 Å². The molecular weight excluding hydrogens is 298 g/mol. The Morgan fingerprint density at radius 3 is 2.50 bits per heavy atom. The van der Waals surface area contributed by atoms with Crippen LogP contribution in [-0.2, 0) is 6.42 Å². The Kier molecular flexibility index (Phi) is 5.00. The lowest BCUT2D eigenvalue weighted by Gasteiger charge is -2.33. The van der Waals surface area contributed by atoms with Gasteiger partial charge < -0.3 is 9.64 Å². The van der Waals surface area contributed by atoms with Crippen molar-refractivity contribution >= 4 is 5.82 Å². The third kappa shape index (κ3) is 3.68.